The third-order valence-corrected chi connectivity index (χ3v) is 4.70. The lowest BCUT2D eigenvalue weighted by molar-refractivity contribution is 0.265. The van der Waals surface area contributed by atoms with Gasteiger partial charge in [-0.1, -0.05) is 31.7 Å². The van der Waals surface area contributed by atoms with E-state index in [0.717, 1.165) is 18.5 Å². The molecule has 0 aliphatic heterocycles. The molecular formula is C13H18N2OS. The molecule has 1 unspecified atom stereocenters. The molecule has 0 saturated heterocycles. The molecule has 3 nitrogen and oxygen atoms in total. The van der Waals surface area contributed by atoms with E-state index in [1.165, 1.54) is 22.9 Å². The molecule has 1 aromatic rings. The van der Waals surface area contributed by atoms with Crippen LogP contribution in [0, 0.1) is 12.3 Å². The number of hydrogen-bond donors (Lipinski definition) is 1. The summed E-state index contributed by atoms with van der Waals surface area (Å²) in [7, 11) is 0. The molecule has 4 heteroatoms. The molecule has 0 fully saturated rings. The van der Waals surface area contributed by atoms with Crippen LogP contribution in [0.15, 0.2) is 12.3 Å². The van der Waals surface area contributed by atoms with Crippen LogP contribution in [0.5, 0.6) is 0 Å². The molecule has 1 aromatic heterocycles. The van der Waals surface area contributed by atoms with Crippen LogP contribution in [0.1, 0.15) is 42.3 Å². The molecular weight excluding hydrogens is 232 g/mol. The average Bonchev–Trinajstić information content (AvgIpc) is 2.22. The maximum Gasteiger partial charge on any atom is 0.277 e. The van der Waals surface area contributed by atoms with Crippen LogP contribution in [-0.4, -0.2) is 10.2 Å². The summed E-state index contributed by atoms with van der Waals surface area (Å²) in [5, 5.41) is -0.248. The summed E-state index contributed by atoms with van der Waals surface area (Å²) in [5.74, 6) is 0. The van der Waals surface area contributed by atoms with Gasteiger partial charge in [0, 0.05) is 6.20 Å². The molecule has 1 atom stereocenters. The van der Waals surface area contributed by atoms with Crippen LogP contribution in [0.2, 0.25) is 0 Å². The molecule has 1 amide bonds. The second kappa shape index (κ2) is 4.33. The minimum absolute atomic E-state index is 0.0644. The Hall–Kier alpha value is -1.03. The maximum atomic E-state index is 11.2. The van der Waals surface area contributed by atoms with Crippen molar-refractivity contribution in [3.63, 3.8) is 0 Å². The second-order valence-electron chi connectivity index (χ2n) is 5.36. The summed E-state index contributed by atoms with van der Waals surface area (Å²) >= 11 is 1.21. The second-order valence-corrected chi connectivity index (χ2v) is 6.47. The fourth-order valence-electron chi connectivity index (χ4n) is 2.37. The molecule has 0 radical (unpaired) electrons. The van der Waals surface area contributed by atoms with Gasteiger partial charge in [-0.3, -0.25) is 9.78 Å². The van der Waals surface area contributed by atoms with E-state index >= 15 is 0 Å². The van der Waals surface area contributed by atoms with E-state index in [9.17, 15) is 4.79 Å². The molecule has 2 N–H and O–H groups in total. The number of nitrogens with two attached hydrogens (primary N) is 1. The summed E-state index contributed by atoms with van der Waals surface area (Å²) in [6, 6.07) is 2.17. The van der Waals surface area contributed by atoms with Crippen molar-refractivity contribution in [1.29, 1.82) is 0 Å². The fourth-order valence-corrected chi connectivity index (χ4v) is 3.36. The first-order valence-electron chi connectivity index (χ1n) is 5.81. The van der Waals surface area contributed by atoms with Gasteiger partial charge in [0.15, 0.2) is 0 Å². The highest BCUT2D eigenvalue weighted by Gasteiger charge is 2.38. The van der Waals surface area contributed by atoms with Gasteiger partial charge in [0.05, 0.1) is 10.9 Å². The summed E-state index contributed by atoms with van der Waals surface area (Å²) in [5.41, 5.74) is 8.87. The number of nitrogens with zero attached hydrogens (tertiary/aromatic N) is 1. The van der Waals surface area contributed by atoms with E-state index in [1.54, 1.807) is 0 Å². The van der Waals surface area contributed by atoms with Crippen molar-refractivity contribution in [3.05, 3.63) is 29.1 Å². The number of thioether (sulfide) groups is 1. The quantitative estimate of drug-likeness (QED) is 0.832. The molecule has 2 rings (SSSR count). The third kappa shape index (κ3) is 2.46. The molecule has 1 heterocycles. The lowest BCUT2D eigenvalue weighted by Crippen LogP contribution is -2.29. The Bertz CT molecular complexity index is 457. The Morgan fingerprint density at radius 1 is 1.59 bits per heavy atom. The number of amides is 1. The van der Waals surface area contributed by atoms with Crippen LogP contribution in [-0.2, 0) is 6.42 Å². The summed E-state index contributed by atoms with van der Waals surface area (Å²) in [6.45, 7) is 6.40. The van der Waals surface area contributed by atoms with Crippen LogP contribution in [0.4, 0.5) is 4.79 Å². The van der Waals surface area contributed by atoms with Crippen LogP contribution in [0.3, 0.4) is 0 Å². The molecule has 0 spiro atoms. The SMILES string of the molecule is Cc1cnc2c(c1)CCC(C)(C)C2SC(N)=O. The Labute approximate surface area is 106 Å². The molecule has 1 aliphatic carbocycles. The van der Waals surface area contributed by atoms with Gasteiger partial charge in [-0.25, -0.2) is 0 Å². The van der Waals surface area contributed by atoms with Gasteiger partial charge in [0.25, 0.3) is 5.24 Å². The van der Waals surface area contributed by atoms with Gasteiger partial charge < -0.3 is 5.73 Å². The minimum atomic E-state index is -0.321. The van der Waals surface area contributed by atoms with Crippen LogP contribution < -0.4 is 5.73 Å². The zero-order valence-electron chi connectivity index (χ0n) is 10.5. The largest absolute Gasteiger partial charge is 0.360 e. The lowest BCUT2D eigenvalue weighted by atomic mass is 9.75. The zero-order chi connectivity index (χ0) is 12.6. The van der Waals surface area contributed by atoms with Gasteiger partial charge in [-0.05, 0) is 36.3 Å². The Morgan fingerprint density at radius 3 is 2.94 bits per heavy atom. The topological polar surface area (TPSA) is 56.0 Å². The third-order valence-electron chi connectivity index (χ3n) is 3.37. The minimum Gasteiger partial charge on any atom is -0.360 e. The van der Waals surface area contributed by atoms with E-state index in [0.29, 0.717) is 0 Å². The highest BCUT2D eigenvalue weighted by Crippen LogP contribution is 2.50. The van der Waals surface area contributed by atoms with E-state index in [-0.39, 0.29) is 15.9 Å². The number of hydrogen-bond acceptors (Lipinski definition) is 3. The zero-order valence-corrected chi connectivity index (χ0v) is 11.3. The number of fused-ring (bicyclic) bond motifs is 1. The average molecular weight is 250 g/mol. The summed E-state index contributed by atoms with van der Waals surface area (Å²) < 4.78 is 0. The first-order chi connectivity index (χ1) is 7.90. The van der Waals surface area contributed by atoms with Crippen LogP contribution >= 0.6 is 11.8 Å². The number of rotatable bonds is 1. The van der Waals surface area contributed by atoms with E-state index < -0.39 is 0 Å². The van der Waals surface area contributed by atoms with E-state index in [1.807, 2.05) is 13.1 Å². The van der Waals surface area contributed by atoms with Gasteiger partial charge in [0.1, 0.15) is 0 Å². The summed E-state index contributed by atoms with van der Waals surface area (Å²) in [6.07, 6.45) is 3.97. The van der Waals surface area contributed by atoms with E-state index in [2.05, 4.69) is 24.9 Å². The summed E-state index contributed by atoms with van der Waals surface area (Å²) in [4.78, 5) is 15.7. The van der Waals surface area contributed by atoms with Crippen LogP contribution in [0.25, 0.3) is 0 Å². The van der Waals surface area contributed by atoms with Crippen molar-refractivity contribution in [3.8, 4) is 0 Å². The highest BCUT2D eigenvalue weighted by atomic mass is 32.2. The number of aryl methyl sites for hydroxylation is 2. The molecule has 0 saturated carbocycles. The number of pyridine rings is 1. The van der Waals surface area contributed by atoms with Gasteiger partial charge >= 0.3 is 0 Å². The monoisotopic (exact) mass is 250 g/mol. The maximum absolute atomic E-state index is 11.2. The molecule has 92 valence electrons. The lowest BCUT2D eigenvalue weighted by Gasteiger charge is -2.38. The van der Waals surface area contributed by atoms with Crippen molar-refractivity contribution < 1.29 is 4.79 Å². The molecule has 0 bridgehead atoms. The van der Waals surface area contributed by atoms with Crippen molar-refractivity contribution in [1.82, 2.24) is 4.98 Å². The van der Waals surface area contributed by atoms with Crippen molar-refractivity contribution in [2.24, 2.45) is 11.1 Å². The molecule has 17 heavy (non-hydrogen) atoms. The first-order valence-corrected chi connectivity index (χ1v) is 6.69. The fraction of sp³-hybridized carbons (Fsp3) is 0.538. The highest BCUT2D eigenvalue weighted by molar-refractivity contribution is 8.13. The van der Waals surface area contributed by atoms with Gasteiger partial charge in [-0.15, -0.1) is 0 Å². The first kappa shape index (κ1) is 12.4. The van der Waals surface area contributed by atoms with E-state index in [4.69, 9.17) is 5.73 Å². The number of primary amides is 1. The molecule has 0 aromatic carbocycles. The van der Waals surface area contributed by atoms with Crippen molar-refractivity contribution >= 4 is 17.0 Å². The standard InChI is InChI=1S/C13H18N2OS/c1-8-6-9-4-5-13(2,3)11(17-12(14)16)10(9)15-7-8/h6-7,11H,4-5H2,1-3H3,(H2,14,16). The predicted octanol–water partition coefficient (Wildman–Crippen LogP) is 3.22. The smallest absolute Gasteiger partial charge is 0.277 e. The Kier molecular flexibility index (Phi) is 3.17. The van der Waals surface area contributed by atoms with Crippen molar-refractivity contribution in [2.75, 3.05) is 0 Å². The Morgan fingerprint density at radius 2 is 2.29 bits per heavy atom. The molecule has 1 aliphatic rings. The normalized spacial score (nSPS) is 21.9. The van der Waals surface area contributed by atoms with Crippen molar-refractivity contribution in [2.45, 2.75) is 38.9 Å². The Balaban J connectivity index is 2.43. The number of aromatic nitrogens is 1. The predicted molar refractivity (Wildman–Crippen MR) is 71.0 cm³/mol. The number of carbonyl (C=O) groups excluding carboxylic acids is 1. The number of carbonyl (C=O) groups is 1. The van der Waals surface area contributed by atoms with Gasteiger partial charge in [0.2, 0.25) is 0 Å². The van der Waals surface area contributed by atoms with Gasteiger partial charge in [-0.2, -0.15) is 0 Å².